The quantitative estimate of drug-likeness (QED) is 0.714. The van der Waals surface area contributed by atoms with Crippen LogP contribution >= 0.6 is 15.9 Å². The van der Waals surface area contributed by atoms with E-state index in [0.29, 0.717) is 11.8 Å². The van der Waals surface area contributed by atoms with Gasteiger partial charge in [-0.25, -0.2) is 0 Å². The largest absolute Gasteiger partial charge is 0.385 e. The lowest BCUT2D eigenvalue weighted by Gasteiger charge is -2.22. The van der Waals surface area contributed by atoms with Crippen molar-refractivity contribution in [2.45, 2.75) is 19.3 Å². The monoisotopic (exact) mass is 270 g/mol. The van der Waals surface area contributed by atoms with Crippen LogP contribution in [-0.2, 0) is 4.74 Å². The Balaban J connectivity index is 2.63. The van der Waals surface area contributed by atoms with E-state index < -0.39 is 0 Å². The lowest BCUT2D eigenvalue weighted by Crippen LogP contribution is -2.13. The summed E-state index contributed by atoms with van der Waals surface area (Å²) in [7, 11) is 1.76. The highest BCUT2D eigenvalue weighted by molar-refractivity contribution is 9.09. The molecule has 2 atom stereocenters. The first-order chi connectivity index (χ1) is 7.29. The Hall–Kier alpha value is -0.340. The van der Waals surface area contributed by atoms with E-state index in [1.54, 1.807) is 7.11 Å². The van der Waals surface area contributed by atoms with Crippen molar-refractivity contribution in [2.75, 3.05) is 19.0 Å². The average molecular weight is 271 g/mol. The van der Waals surface area contributed by atoms with Crippen molar-refractivity contribution in [2.24, 2.45) is 5.92 Å². The molecule has 0 bridgehead atoms. The molecule has 0 aliphatic heterocycles. The summed E-state index contributed by atoms with van der Waals surface area (Å²) in [4.78, 5) is 0. The van der Waals surface area contributed by atoms with Crippen molar-refractivity contribution >= 4 is 15.9 Å². The number of methoxy groups -OCH3 is 1. The Kier molecular flexibility index (Phi) is 5.96. The van der Waals surface area contributed by atoms with Crippen molar-refractivity contribution in [1.29, 1.82) is 0 Å². The molecule has 15 heavy (non-hydrogen) atoms. The van der Waals surface area contributed by atoms with Gasteiger partial charge >= 0.3 is 0 Å². The SMILES string of the molecule is COCCC(C)C(CBr)c1ccccc1. The Morgan fingerprint density at radius 1 is 1.27 bits per heavy atom. The fourth-order valence-corrected chi connectivity index (χ4v) is 2.79. The predicted molar refractivity (Wildman–Crippen MR) is 68.6 cm³/mol. The van der Waals surface area contributed by atoms with E-state index in [0.717, 1.165) is 18.4 Å². The highest BCUT2D eigenvalue weighted by atomic mass is 79.9. The number of ether oxygens (including phenoxy) is 1. The molecule has 0 saturated carbocycles. The Bertz CT molecular complexity index is 260. The van der Waals surface area contributed by atoms with Crippen LogP contribution in [0.25, 0.3) is 0 Å². The molecule has 1 aromatic rings. The lowest BCUT2D eigenvalue weighted by atomic mass is 9.87. The number of hydrogen-bond acceptors (Lipinski definition) is 1. The van der Waals surface area contributed by atoms with Gasteiger partial charge in [-0.1, -0.05) is 53.2 Å². The third-order valence-electron chi connectivity index (χ3n) is 2.86. The van der Waals surface area contributed by atoms with Gasteiger partial charge in [0.1, 0.15) is 0 Å². The number of alkyl halides is 1. The molecule has 1 rings (SSSR count). The summed E-state index contributed by atoms with van der Waals surface area (Å²) in [5.41, 5.74) is 1.41. The van der Waals surface area contributed by atoms with Crippen LogP contribution in [0, 0.1) is 5.92 Å². The Morgan fingerprint density at radius 3 is 2.47 bits per heavy atom. The second kappa shape index (κ2) is 7.02. The van der Waals surface area contributed by atoms with Gasteiger partial charge < -0.3 is 4.74 Å². The van der Waals surface area contributed by atoms with Crippen LogP contribution in [0.3, 0.4) is 0 Å². The molecule has 0 heterocycles. The number of benzene rings is 1. The molecule has 84 valence electrons. The molecule has 0 N–H and O–H groups in total. The number of rotatable bonds is 6. The highest BCUT2D eigenvalue weighted by Crippen LogP contribution is 2.28. The highest BCUT2D eigenvalue weighted by Gasteiger charge is 2.17. The molecule has 2 heteroatoms. The maximum atomic E-state index is 5.13. The van der Waals surface area contributed by atoms with E-state index >= 15 is 0 Å². The maximum absolute atomic E-state index is 5.13. The molecular formula is C13H19BrO. The molecule has 1 aromatic carbocycles. The van der Waals surface area contributed by atoms with Crippen LogP contribution in [-0.4, -0.2) is 19.0 Å². The summed E-state index contributed by atoms with van der Waals surface area (Å²) in [6.07, 6.45) is 1.11. The van der Waals surface area contributed by atoms with Gasteiger partial charge in [0.05, 0.1) is 0 Å². The average Bonchev–Trinajstić information content (AvgIpc) is 2.29. The van der Waals surface area contributed by atoms with Gasteiger partial charge in [0, 0.05) is 19.0 Å². The first kappa shape index (κ1) is 12.7. The van der Waals surface area contributed by atoms with Crippen molar-refractivity contribution in [3.05, 3.63) is 35.9 Å². The molecule has 0 aliphatic carbocycles. The van der Waals surface area contributed by atoms with Crippen LogP contribution in [0.15, 0.2) is 30.3 Å². The van der Waals surface area contributed by atoms with E-state index in [1.807, 2.05) is 0 Å². The Morgan fingerprint density at radius 2 is 1.93 bits per heavy atom. The summed E-state index contributed by atoms with van der Waals surface area (Å²) < 4.78 is 5.13. The molecule has 0 aliphatic rings. The van der Waals surface area contributed by atoms with Gasteiger partial charge in [0.15, 0.2) is 0 Å². The van der Waals surface area contributed by atoms with Crippen molar-refractivity contribution < 1.29 is 4.74 Å². The van der Waals surface area contributed by atoms with Crippen molar-refractivity contribution in [3.8, 4) is 0 Å². The molecule has 0 saturated heterocycles. The van der Waals surface area contributed by atoms with Crippen molar-refractivity contribution in [1.82, 2.24) is 0 Å². The minimum Gasteiger partial charge on any atom is -0.385 e. The van der Waals surface area contributed by atoms with Crippen LogP contribution in [0.4, 0.5) is 0 Å². The van der Waals surface area contributed by atoms with E-state index in [-0.39, 0.29) is 0 Å². The van der Waals surface area contributed by atoms with E-state index in [1.165, 1.54) is 5.56 Å². The number of halogens is 1. The lowest BCUT2D eigenvalue weighted by molar-refractivity contribution is 0.176. The molecule has 0 aromatic heterocycles. The standard InChI is InChI=1S/C13H19BrO/c1-11(8-9-15-2)13(10-14)12-6-4-3-5-7-12/h3-7,11,13H,8-10H2,1-2H3. The minimum atomic E-state index is 0.585. The molecule has 1 nitrogen and oxygen atoms in total. The van der Waals surface area contributed by atoms with Crippen LogP contribution in [0.5, 0.6) is 0 Å². The molecule has 2 unspecified atom stereocenters. The first-order valence-electron chi connectivity index (χ1n) is 5.39. The normalized spacial score (nSPS) is 14.9. The van der Waals surface area contributed by atoms with Gasteiger partial charge in [-0.05, 0) is 23.8 Å². The maximum Gasteiger partial charge on any atom is 0.0465 e. The van der Waals surface area contributed by atoms with E-state index in [9.17, 15) is 0 Å². The topological polar surface area (TPSA) is 9.23 Å². The van der Waals surface area contributed by atoms with Crippen LogP contribution in [0.1, 0.15) is 24.8 Å². The van der Waals surface area contributed by atoms with Gasteiger partial charge in [-0.15, -0.1) is 0 Å². The third kappa shape index (κ3) is 3.96. The second-order valence-corrected chi connectivity index (χ2v) is 4.58. The van der Waals surface area contributed by atoms with Gasteiger partial charge in [0.25, 0.3) is 0 Å². The molecule has 0 radical (unpaired) electrons. The van der Waals surface area contributed by atoms with Crippen LogP contribution < -0.4 is 0 Å². The minimum absolute atomic E-state index is 0.585. The summed E-state index contributed by atoms with van der Waals surface area (Å²) in [6.45, 7) is 3.13. The fourth-order valence-electron chi connectivity index (χ4n) is 1.77. The molecular weight excluding hydrogens is 252 g/mol. The molecule has 0 amide bonds. The summed E-state index contributed by atoms with van der Waals surface area (Å²) in [5, 5.41) is 1.02. The Labute approximate surface area is 101 Å². The van der Waals surface area contributed by atoms with E-state index in [4.69, 9.17) is 4.74 Å². The zero-order valence-corrected chi connectivity index (χ0v) is 11.0. The summed E-state index contributed by atoms with van der Waals surface area (Å²) >= 11 is 3.60. The van der Waals surface area contributed by atoms with Gasteiger partial charge in [-0.3, -0.25) is 0 Å². The third-order valence-corrected chi connectivity index (χ3v) is 3.56. The van der Waals surface area contributed by atoms with Crippen LogP contribution in [0.2, 0.25) is 0 Å². The van der Waals surface area contributed by atoms with E-state index in [2.05, 4.69) is 53.2 Å². The summed E-state index contributed by atoms with van der Waals surface area (Å²) in [6, 6.07) is 10.7. The molecule has 0 fully saturated rings. The zero-order chi connectivity index (χ0) is 11.1. The number of hydrogen-bond donors (Lipinski definition) is 0. The fraction of sp³-hybridized carbons (Fsp3) is 0.538. The second-order valence-electron chi connectivity index (χ2n) is 3.93. The smallest absolute Gasteiger partial charge is 0.0465 e. The summed E-state index contributed by atoms with van der Waals surface area (Å²) in [5.74, 6) is 1.23. The first-order valence-corrected chi connectivity index (χ1v) is 6.51. The zero-order valence-electron chi connectivity index (χ0n) is 9.45. The predicted octanol–water partition coefficient (Wildman–Crippen LogP) is 3.84. The van der Waals surface area contributed by atoms with Gasteiger partial charge in [0.2, 0.25) is 0 Å². The van der Waals surface area contributed by atoms with Gasteiger partial charge in [-0.2, -0.15) is 0 Å². The van der Waals surface area contributed by atoms with Crippen molar-refractivity contribution in [3.63, 3.8) is 0 Å². The molecule has 0 spiro atoms.